The lowest BCUT2D eigenvalue weighted by Crippen LogP contribution is -2.54. The van der Waals surface area contributed by atoms with Crippen LogP contribution in [0.2, 0.25) is 0 Å². The number of hydrogen-bond acceptors (Lipinski definition) is 3. The summed E-state index contributed by atoms with van der Waals surface area (Å²) in [5.74, 6) is 0.494. The lowest BCUT2D eigenvalue weighted by Gasteiger charge is -2.46. The highest BCUT2D eigenvalue weighted by Gasteiger charge is 2.36. The van der Waals surface area contributed by atoms with Gasteiger partial charge in [-0.2, -0.15) is 12.6 Å². The topological polar surface area (TPSA) is 29.3 Å². The Morgan fingerprint density at radius 3 is 2.56 bits per heavy atom. The molecule has 1 saturated heterocycles. The summed E-state index contributed by atoms with van der Waals surface area (Å²) in [6.45, 7) is 6.34. The molecule has 18 heavy (non-hydrogen) atoms. The summed E-state index contributed by atoms with van der Waals surface area (Å²) in [6.07, 6.45) is 1.13. The molecule has 1 heterocycles. The minimum Gasteiger partial charge on any atom is -0.330 e. The van der Waals surface area contributed by atoms with Crippen LogP contribution in [0.1, 0.15) is 25.8 Å². The van der Waals surface area contributed by atoms with E-state index in [1.807, 2.05) is 0 Å². The predicted molar refractivity (Wildman–Crippen MR) is 80.8 cm³/mol. The van der Waals surface area contributed by atoms with Gasteiger partial charge in [0, 0.05) is 23.9 Å². The van der Waals surface area contributed by atoms with Gasteiger partial charge in [0.05, 0.1) is 0 Å². The summed E-state index contributed by atoms with van der Waals surface area (Å²) < 4.78 is 0. The number of hydrogen-bond donors (Lipinski definition) is 2. The fourth-order valence-corrected chi connectivity index (χ4v) is 3.75. The van der Waals surface area contributed by atoms with E-state index in [0.29, 0.717) is 23.3 Å². The Morgan fingerprint density at radius 2 is 1.94 bits per heavy atom. The summed E-state index contributed by atoms with van der Waals surface area (Å²) in [4.78, 5) is 2.57. The van der Waals surface area contributed by atoms with Gasteiger partial charge >= 0.3 is 0 Å². The number of benzene rings is 1. The molecule has 4 atom stereocenters. The molecule has 1 aromatic rings. The molecule has 100 valence electrons. The Kier molecular flexibility index (Phi) is 4.71. The van der Waals surface area contributed by atoms with Crippen molar-refractivity contribution in [3.63, 3.8) is 0 Å². The Hall–Kier alpha value is -0.510. The van der Waals surface area contributed by atoms with Gasteiger partial charge in [0.15, 0.2) is 0 Å². The molecule has 4 unspecified atom stereocenters. The summed E-state index contributed by atoms with van der Waals surface area (Å²) in [6, 6.07) is 11.8. The van der Waals surface area contributed by atoms with E-state index < -0.39 is 0 Å². The fraction of sp³-hybridized carbons (Fsp3) is 0.600. The number of nitrogens with two attached hydrogens (primary N) is 1. The lowest BCUT2D eigenvalue weighted by molar-refractivity contribution is 0.0583. The van der Waals surface area contributed by atoms with Gasteiger partial charge in [0.2, 0.25) is 0 Å². The highest BCUT2D eigenvalue weighted by molar-refractivity contribution is 7.81. The van der Waals surface area contributed by atoms with E-state index in [0.717, 1.165) is 19.5 Å². The van der Waals surface area contributed by atoms with Crippen molar-refractivity contribution in [2.75, 3.05) is 6.54 Å². The minimum absolute atomic E-state index is 0.437. The first-order valence-corrected chi connectivity index (χ1v) is 7.33. The van der Waals surface area contributed by atoms with Crippen LogP contribution in [0.4, 0.5) is 0 Å². The maximum atomic E-state index is 5.91. The average Bonchev–Trinajstić information content (AvgIpc) is 2.36. The zero-order valence-corrected chi connectivity index (χ0v) is 12.2. The van der Waals surface area contributed by atoms with Crippen LogP contribution in [0.3, 0.4) is 0 Å². The van der Waals surface area contributed by atoms with Crippen molar-refractivity contribution in [3.8, 4) is 0 Å². The molecule has 0 saturated carbocycles. The molecule has 1 aromatic carbocycles. The fourth-order valence-electron chi connectivity index (χ4n) is 3.08. The van der Waals surface area contributed by atoms with Crippen molar-refractivity contribution in [1.29, 1.82) is 0 Å². The second kappa shape index (κ2) is 6.09. The van der Waals surface area contributed by atoms with E-state index in [1.54, 1.807) is 0 Å². The number of thiol groups is 1. The van der Waals surface area contributed by atoms with Crippen LogP contribution < -0.4 is 5.73 Å². The molecule has 2 N–H and O–H groups in total. The van der Waals surface area contributed by atoms with Crippen molar-refractivity contribution in [3.05, 3.63) is 35.9 Å². The molecule has 0 aromatic heterocycles. The molecule has 0 aliphatic carbocycles. The maximum absolute atomic E-state index is 5.91. The van der Waals surface area contributed by atoms with Crippen LogP contribution in [0.15, 0.2) is 30.3 Å². The van der Waals surface area contributed by atoms with E-state index in [2.05, 4.69) is 49.1 Å². The maximum Gasteiger partial charge on any atom is 0.0239 e. The molecule has 1 aliphatic heterocycles. The van der Waals surface area contributed by atoms with Crippen LogP contribution in [-0.4, -0.2) is 28.8 Å². The molecular weight excluding hydrogens is 240 g/mol. The van der Waals surface area contributed by atoms with Crippen molar-refractivity contribution in [2.24, 2.45) is 11.7 Å². The van der Waals surface area contributed by atoms with E-state index in [9.17, 15) is 0 Å². The van der Waals surface area contributed by atoms with Crippen LogP contribution in [0.25, 0.3) is 0 Å². The number of rotatable bonds is 3. The van der Waals surface area contributed by atoms with Crippen LogP contribution in [-0.2, 0) is 6.54 Å². The molecule has 0 spiro atoms. The van der Waals surface area contributed by atoms with Crippen molar-refractivity contribution >= 4 is 12.6 Å². The molecule has 2 rings (SSSR count). The van der Waals surface area contributed by atoms with E-state index in [4.69, 9.17) is 18.4 Å². The summed E-state index contributed by atoms with van der Waals surface area (Å²) in [7, 11) is 0. The molecule has 0 radical (unpaired) electrons. The van der Waals surface area contributed by atoms with Gasteiger partial charge in [-0.3, -0.25) is 4.90 Å². The monoisotopic (exact) mass is 264 g/mol. The van der Waals surface area contributed by atoms with Crippen molar-refractivity contribution in [2.45, 2.75) is 44.1 Å². The third-order valence-corrected chi connectivity index (χ3v) is 4.86. The second-order valence-electron chi connectivity index (χ2n) is 5.45. The molecule has 3 heteroatoms. The molecule has 0 amide bonds. The third-order valence-electron chi connectivity index (χ3n) is 4.27. The smallest absolute Gasteiger partial charge is 0.0239 e. The number of nitrogens with zero attached hydrogens (tertiary/aromatic N) is 1. The van der Waals surface area contributed by atoms with E-state index >= 15 is 0 Å². The van der Waals surface area contributed by atoms with Gasteiger partial charge in [-0.25, -0.2) is 0 Å². The highest BCUT2D eigenvalue weighted by Crippen LogP contribution is 2.32. The molecule has 1 aliphatic rings. The SMILES string of the molecule is CC1CC(S)C(CN)C(C)N1Cc1ccccc1. The Labute approximate surface area is 116 Å². The lowest BCUT2D eigenvalue weighted by atomic mass is 9.86. The van der Waals surface area contributed by atoms with Gasteiger partial charge in [-0.05, 0) is 38.3 Å². The van der Waals surface area contributed by atoms with Crippen molar-refractivity contribution in [1.82, 2.24) is 4.90 Å². The van der Waals surface area contributed by atoms with Crippen LogP contribution >= 0.6 is 12.6 Å². The Morgan fingerprint density at radius 1 is 1.28 bits per heavy atom. The predicted octanol–water partition coefficient (Wildman–Crippen LogP) is 2.54. The zero-order chi connectivity index (χ0) is 13.1. The first kappa shape index (κ1) is 13.9. The number of piperidine rings is 1. The molecule has 2 nitrogen and oxygen atoms in total. The molecule has 0 bridgehead atoms. The van der Waals surface area contributed by atoms with Crippen LogP contribution in [0, 0.1) is 5.92 Å². The summed E-state index contributed by atoms with van der Waals surface area (Å²) >= 11 is 4.72. The van der Waals surface area contributed by atoms with Gasteiger partial charge in [-0.1, -0.05) is 30.3 Å². The largest absolute Gasteiger partial charge is 0.330 e. The highest BCUT2D eigenvalue weighted by atomic mass is 32.1. The van der Waals surface area contributed by atoms with Crippen molar-refractivity contribution < 1.29 is 0 Å². The zero-order valence-electron chi connectivity index (χ0n) is 11.3. The first-order valence-electron chi connectivity index (χ1n) is 6.81. The Bertz CT molecular complexity index is 368. The third kappa shape index (κ3) is 2.90. The van der Waals surface area contributed by atoms with Gasteiger partial charge in [-0.15, -0.1) is 0 Å². The van der Waals surface area contributed by atoms with Crippen LogP contribution in [0.5, 0.6) is 0 Å². The summed E-state index contributed by atoms with van der Waals surface area (Å²) in [5, 5.41) is 0.437. The molecule has 1 fully saturated rings. The number of likely N-dealkylation sites (tertiary alicyclic amines) is 1. The quantitative estimate of drug-likeness (QED) is 0.822. The second-order valence-corrected chi connectivity index (χ2v) is 6.11. The van der Waals surface area contributed by atoms with Gasteiger partial charge < -0.3 is 5.73 Å². The first-order chi connectivity index (χ1) is 8.63. The summed E-state index contributed by atoms with van der Waals surface area (Å²) in [5.41, 5.74) is 7.29. The average molecular weight is 264 g/mol. The van der Waals surface area contributed by atoms with Gasteiger partial charge in [0.25, 0.3) is 0 Å². The minimum atomic E-state index is 0.437. The molecular formula is C15H24N2S. The Balaban J connectivity index is 2.11. The van der Waals surface area contributed by atoms with E-state index in [1.165, 1.54) is 5.56 Å². The van der Waals surface area contributed by atoms with E-state index in [-0.39, 0.29) is 0 Å². The standard InChI is InChI=1S/C15H24N2S/c1-11-8-15(18)14(9-16)12(2)17(11)10-13-6-4-3-5-7-13/h3-7,11-12,14-15,18H,8-10,16H2,1-2H3. The van der Waals surface area contributed by atoms with Gasteiger partial charge in [0.1, 0.15) is 0 Å². The normalized spacial score (nSPS) is 33.6.